The fourth-order valence-corrected chi connectivity index (χ4v) is 10.1. The second-order valence-electron chi connectivity index (χ2n) is 15.8. The van der Waals surface area contributed by atoms with Crippen molar-refractivity contribution < 1.29 is 22.7 Å². The molecule has 0 unspecified atom stereocenters. The number of carbonyl (C=O) groups excluding carboxylic acids is 2. The standard InChI is InChI=1S/C40H56N4O5S/c1-7-24-50(47,48)41-37(45)30-14-16-33-34(26-30)44(27-39(3,4)38(46)43-22-19-40(20-23-43)18-11-21-42(40)5)36(35(33)29-12-9-8-10-13-29)32-17-15-31(49-6)25-28(32)2/h14-17,25-26,29H,7-13,18-24,27H2,1-6H3,(H,41,45). The van der Waals surface area contributed by atoms with Crippen LogP contribution in [0.2, 0.25) is 0 Å². The number of likely N-dealkylation sites (tertiary alicyclic amines) is 2. The van der Waals surface area contributed by atoms with Crippen LogP contribution in [0.3, 0.4) is 0 Å². The molecule has 2 aliphatic heterocycles. The first kappa shape index (κ1) is 36.4. The molecular formula is C40H56N4O5S. The lowest BCUT2D eigenvalue weighted by Crippen LogP contribution is -2.54. The number of carbonyl (C=O) groups is 2. The van der Waals surface area contributed by atoms with Crippen LogP contribution in [0.4, 0.5) is 0 Å². The van der Waals surface area contributed by atoms with Gasteiger partial charge in [0.1, 0.15) is 5.75 Å². The van der Waals surface area contributed by atoms with Crippen molar-refractivity contribution in [2.24, 2.45) is 5.41 Å². The zero-order chi connectivity index (χ0) is 35.8. The molecule has 1 spiro atoms. The van der Waals surface area contributed by atoms with Gasteiger partial charge < -0.3 is 19.1 Å². The second-order valence-corrected chi connectivity index (χ2v) is 17.6. The summed E-state index contributed by atoms with van der Waals surface area (Å²) >= 11 is 0. The summed E-state index contributed by atoms with van der Waals surface area (Å²) in [5.74, 6) is 0.504. The topological polar surface area (TPSA) is 101 Å². The molecule has 1 saturated carbocycles. The summed E-state index contributed by atoms with van der Waals surface area (Å²) in [6.07, 6.45) is 10.5. The Balaban J connectivity index is 1.47. The maximum Gasteiger partial charge on any atom is 0.264 e. The molecule has 6 rings (SSSR count). The van der Waals surface area contributed by atoms with Gasteiger partial charge in [-0.15, -0.1) is 0 Å². The van der Waals surface area contributed by atoms with Crippen molar-refractivity contribution in [1.82, 2.24) is 19.1 Å². The van der Waals surface area contributed by atoms with Gasteiger partial charge in [-0.2, -0.15) is 0 Å². The summed E-state index contributed by atoms with van der Waals surface area (Å²) in [4.78, 5) is 32.5. The molecule has 2 saturated heterocycles. The molecule has 3 fully saturated rings. The van der Waals surface area contributed by atoms with Crippen LogP contribution < -0.4 is 9.46 Å². The number of ether oxygens (including phenoxy) is 1. The van der Waals surface area contributed by atoms with Gasteiger partial charge in [0.2, 0.25) is 15.9 Å². The molecule has 9 nitrogen and oxygen atoms in total. The highest BCUT2D eigenvalue weighted by atomic mass is 32.2. The SMILES string of the molecule is CCCS(=O)(=O)NC(=O)c1ccc2c(C3CCCCC3)c(-c3ccc(OC)cc3C)n(CC(C)(C)C(=O)N3CCC4(CCCN4C)CC3)c2c1. The van der Waals surface area contributed by atoms with Gasteiger partial charge in [0, 0.05) is 47.2 Å². The van der Waals surface area contributed by atoms with Crippen LogP contribution in [0.25, 0.3) is 22.2 Å². The highest BCUT2D eigenvalue weighted by Crippen LogP contribution is 2.47. The van der Waals surface area contributed by atoms with Gasteiger partial charge in [0.05, 0.1) is 24.0 Å². The van der Waals surface area contributed by atoms with Gasteiger partial charge >= 0.3 is 0 Å². The molecule has 2 aromatic carbocycles. The van der Waals surface area contributed by atoms with Gasteiger partial charge in [-0.05, 0) is 127 Å². The number of aromatic nitrogens is 1. The van der Waals surface area contributed by atoms with E-state index in [1.807, 2.05) is 32.0 Å². The Morgan fingerprint density at radius 2 is 1.70 bits per heavy atom. The van der Waals surface area contributed by atoms with Gasteiger partial charge in [-0.3, -0.25) is 9.59 Å². The zero-order valence-electron chi connectivity index (χ0n) is 30.9. The number of fused-ring (bicyclic) bond motifs is 1. The summed E-state index contributed by atoms with van der Waals surface area (Å²) in [5.41, 5.74) is 5.08. The number of nitrogens with one attached hydrogen (secondary N) is 1. The minimum Gasteiger partial charge on any atom is -0.497 e. The minimum absolute atomic E-state index is 0.117. The smallest absolute Gasteiger partial charge is 0.264 e. The molecule has 3 aromatic rings. The molecule has 0 atom stereocenters. The fraction of sp³-hybridized carbons (Fsp3) is 0.600. The van der Waals surface area contributed by atoms with Crippen LogP contribution >= 0.6 is 0 Å². The lowest BCUT2D eigenvalue weighted by Gasteiger charge is -2.45. The van der Waals surface area contributed by atoms with Crippen molar-refractivity contribution in [1.29, 1.82) is 0 Å². The van der Waals surface area contributed by atoms with Crippen molar-refractivity contribution in [3.63, 3.8) is 0 Å². The lowest BCUT2D eigenvalue weighted by molar-refractivity contribution is -0.143. The van der Waals surface area contributed by atoms with Gasteiger partial charge in [0.25, 0.3) is 5.91 Å². The van der Waals surface area contributed by atoms with E-state index in [-0.39, 0.29) is 22.8 Å². The van der Waals surface area contributed by atoms with Gasteiger partial charge in [-0.1, -0.05) is 32.3 Å². The second kappa shape index (κ2) is 14.3. The normalized spacial score (nSPS) is 19.0. The quantitative estimate of drug-likeness (QED) is 0.239. The molecule has 50 heavy (non-hydrogen) atoms. The fourth-order valence-electron chi connectivity index (χ4n) is 9.05. The third kappa shape index (κ3) is 7.07. The number of nitrogens with zero attached hydrogens (tertiary/aromatic N) is 3. The molecule has 1 N–H and O–H groups in total. The molecule has 1 aliphatic carbocycles. The highest BCUT2D eigenvalue weighted by molar-refractivity contribution is 7.90. The number of hydrogen-bond donors (Lipinski definition) is 1. The summed E-state index contributed by atoms with van der Waals surface area (Å²) in [7, 11) is 0.149. The van der Waals surface area contributed by atoms with E-state index in [1.54, 1.807) is 20.1 Å². The van der Waals surface area contributed by atoms with E-state index in [0.29, 0.717) is 18.9 Å². The van der Waals surface area contributed by atoms with Crippen molar-refractivity contribution in [2.45, 2.75) is 110 Å². The van der Waals surface area contributed by atoms with Crippen LogP contribution in [0.5, 0.6) is 5.75 Å². The number of sulfonamides is 1. The van der Waals surface area contributed by atoms with Gasteiger partial charge in [-0.25, -0.2) is 13.1 Å². The van der Waals surface area contributed by atoms with Crippen molar-refractivity contribution in [2.75, 3.05) is 39.5 Å². The Kier molecular flexibility index (Phi) is 10.4. The van der Waals surface area contributed by atoms with E-state index in [9.17, 15) is 18.0 Å². The summed E-state index contributed by atoms with van der Waals surface area (Å²) in [5, 5.41) is 1.06. The maximum atomic E-state index is 14.5. The highest BCUT2D eigenvalue weighted by Gasteiger charge is 2.44. The Bertz CT molecular complexity index is 1850. The predicted molar refractivity (Wildman–Crippen MR) is 200 cm³/mol. The number of hydrogen-bond acceptors (Lipinski definition) is 6. The summed E-state index contributed by atoms with van der Waals surface area (Å²) in [6, 6.07) is 11.7. The average Bonchev–Trinajstić information content (AvgIpc) is 3.60. The van der Waals surface area contributed by atoms with Crippen molar-refractivity contribution >= 4 is 32.7 Å². The molecular weight excluding hydrogens is 649 g/mol. The third-order valence-electron chi connectivity index (χ3n) is 11.8. The number of benzene rings is 2. The Morgan fingerprint density at radius 3 is 2.32 bits per heavy atom. The number of aryl methyl sites for hydroxylation is 1. The number of rotatable bonds is 10. The van der Waals surface area contributed by atoms with Crippen LogP contribution in [-0.2, 0) is 21.4 Å². The first-order valence-corrected chi connectivity index (χ1v) is 20.3. The van der Waals surface area contributed by atoms with Crippen LogP contribution in [0.15, 0.2) is 36.4 Å². The van der Waals surface area contributed by atoms with E-state index in [1.165, 1.54) is 24.8 Å². The number of piperidine rings is 1. The summed E-state index contributed by atoms with van der Waals surface area (Å²) in [6.45, 7) is 11.0. The number of amides is 2. The molecule has 2 amide bonds. The number of methoxy groups -OCH3 is 1. The van der Waals surface area contributed by atoms with Gasteiger partial charge in [0.15, 0.2) is 0 Å². The molecule has 3 heterocycles. The Hall–Kier alpha value is -3.37. The predicted octanol–water partition coefficient (Wildman–Crippen LogP) is 7.26. The first-order chi connectivity index (χ1) is 23.8. The molecule has 1 aromatic heterocycles. The van der Waals surface area contributed by atoms with Crippen LogP contribution in [0, 0.1) is 12.3 Å². The molecule has 3 aliphatic rings. The monoisotopic (exact) mass is 704 g/mol. The molecule has 0 bridgehead atoms. The minimum atomic E-state index is -3.75. The molecule has 10 heteroatoms. The van der Waals surface area contributed by atoms with E-state index >= 15 is 0 Å². The maximum absolute atomic E-state index is 14.5. The van der Waals surface area contributed by atoms with E-state index in [0.717, 1.165) is 91.6 Å². The first-order valence-electron chi connectivity index (χ1n) is 18.7. The van der Waals surface area contributed by atoms with Crippen LogP contribution in [0.1, 0.15) is 112 Å². The van der Waals surface area contributed by atoms with Crippen molar-refractivity contribution in [3.05, 3.63) is 53.1 Å². The molecule has 0 radical (unpaired) electrons. The summed E-state index contributed by atoms with van der Waals surface area (Å²) < 4.78 is 35.3. The van der Waals surface area contributed by atoms with E-state index in [2.05, 4.69) is 45.2 Å². The van der Waals surface area contributed by atoms with Crippen LogP contribution in [-0.4, -0.2) is 79.7 Å². The van der Waals surface area contributed by atoms with E-state index < -0.39 is 21.3 Å². The van der Waals surface area contributed by atoms with E-state index in [4.69, 9.17) is 4.74 Å². The average molecular weight is 705 g/mol. The van der Waals surface area contributed by atoms with Crippen molar-refractivity contribution in [3.8, 4) is 17.0 Å². The Morgan fingerprint density at radius 1 is 0.980 bits per heavy atom. The molecule has 272 valence electrons. The Labute approximate surface area is 298 Å². The third-order valence-corrected chi connectivity index (χ3v) is 13.3. The largest absolute Gasteiger partial charge is 0.497 e. The zero-order valence-corrected chi connectivity index (χ0v) is 31.8. The lowest BCUT2D eigenvalue weighted by atomic mass is 9.81.